The van der Waals surface area contributed by atoms with Crippen molar-refractivity contribution in [3.8, 4) is 0 Å². The molecule has 29 heavy (non-hydrogen) atoms. The number of hydrogen-bond acceptors (Lipinski definition) is 4. The first-order valence-corrected chi connectivity index (χ1v) is 9.68. The molecule has 2 aromatic carbocycles. The summed E-state index contributed by atoms with van der Waals surface area (Å²) in [5.41, 5.74) is 1.96. The van der Waals surface area contributed by atoms with Crippen LogP contribution in [-0.4, -0.2) is 20.7 Å². The van der Waals surface area contributed by atoms with Crippen LogP contribution in [-0.2, 0) is 18.0 Å². The molecule has 1 aromatic heterocycles. The van der Waals surface area contributed by atoms with E-state index in [9.17, 15) is 18.0 Å². The Morgan fingerprint density at radius 2 is 1.86 bits per heavy atom. The molecular weight excluding hydrogens is 425 g/mol. The van der Waals surface area contributed by atoms with Gasteiger partial charge in [-0.05, 0) is 30.2 Å². The van der Waals surface area contributed by atoms with E-state index in [4.69, 9.17) is 11.6 Å². The Hall–Kier alpha value is -2.52. The Bertz CT molecular complexity index is 1020. The highest BCUT2D eigenvalue weighted by Gasteiger charge is 2.38. The predicted octanol–water partition coefficient (Wildman–Crippen LogP) is 5.27. The number of hydrogen-bond donors (Lipinski definition) is 1. The van der Waals surface area contributed by atoms with E-state index in [0.717, 1.165) is 21.9 Å². The molecule has 1 N–H and O–H groups in total. The van der Waals surface area contributed by atoms with Crippen molar-refractivity contribution in [1.29, 1.82) is 0 Å². The van der Waals surface area contributed by atoms with Gasteiger partial charge in [0, 0.05) is 17.8 Å². The van der Waals surface area contributed by atoms with Crippen LogP contribution in [0.1, 0.15) is 22.2 Å². The lowest BCUT2D eigenvalue weighted by Crippen LogP contribution is -2.20. The molecule has 3 rings (SSSR count). The van der Waals surface area contributed by atoms with Crippen molar-refractivity contribution < 1.29 is 18.0 Å². The van der Waals surface area contributed by atoms with Gasteiger partial charge < -0.3 is 9.88 Å². The molecule has 1 amide bonds. The van der Waals surface area contributed by atoms with Gasteiger partial charge in [0.15, 0.2) is 5.16 Å². The van der Waals surface area contributed by atoms with Crippen LogP contribution in [0.5, 0.6) is 0 Å². The zero-order valence-electron chi connectivity index (χ0n) is 15.4. The first-order chi connectivity index (χ1) is 13.7. The lowest BCUT2D eigenvalue weighted by atomic mass is 10.1. The predicted molar refractivity (Wildman–Crippen MR) is 106 cm³/mol. The molecule has 10 heteroatoms. The monoisotopic (exact) mass is 440 g/mol. The third-order valence-corrected chi connectivity index (χ3v) is 5.79. The summed E-state index contributed by atoms with van der Waals surface area (Å²) in [5.74, 6) is -1.55. The van der Waals surface area contributed by atoms with Crippen molar-refractivity contribution in [2.45, 2.75) is 23.5 Å². The van der Waals surface area contributed by atoms with Crippen molar-refractivity contribution in [3.63, 3.8) is 0 Å². The van der Waals surface area contributed by atoms with E-state index < -0.39 is 23.2 Å². The highest BCUT2D eigenvalue weighted by Crippen LogP contribution is 2.37. The molecule has 1 atom stereocenters. The standard InChI is InChI=1S/C19H16ClF3N4OS/c1-11-8-9-13(10-14(11)20)24-16(28)15(12-6-4-3-5-7-12)29-18-26-25-17(27(18)2)19(21,22)23/h3-10,15H,1-2H3,(H,24,28)/t15-/m1/s1. The number of amides is 1. The normalized spacial score (nSPS) is 12.6. The first-order valence-electron chi connectivity index (χ1n) is 8.42. The number of aryl methyl sites for hydroxylation is 1. The molecule has 152 valence electrons. The van der Waals surface area contributed by atoms with E-state index >= 15 is 0 Å². The number of nitrogens with zero attached hydrogens (tertiary/aromatic N) is 3. The van der Waals surface area contributed by atoms with Crippen molar-refractivity contribution in [3.05, 3.63) is 70.5 Å². The number of rotatable bonds is 5. The first kappa shape index (κ1) is 21.2. The molecular formula is C19H16ClF3N4OS. The Morgan fingerprint density at radius 3 is 2.45 bits per heavy atom. The van der Waals surface area contributed by atoms with Gasteiger partial charge in [-0.15, -0.1) is 10.2 Å². The number of benzene rings is 2. The van der Waals surface area contributed by atoms with Gasteiger partial charge in [-0.3, -0.25) is 4.79 Å². The van der Waals surface area contributed by atoms with Gasteiger partial charge in [0.2, 0.25) is 11.7 Å². The zero-order chi connectivity index (χ0) is 21.2. The Balaban J connectivity index is 1.90. The zero-order valence-corrected chi connectivity index (χ0v) is 16.9. The van der Waals surface area contributed by atoms with Gasteiger partial charge in [-0.2, -0.15) is 13.2 Å². The highest BCUT2D eigenvalue weighted by atomic mass is 35.5. The molecule has 0 unspecified atom stereocenters. The average Bonchev–Trinajstić information content (AvgIpc) is 3.04. The molecule has 3 aromatic rings. The van der Waals surface area contributed by atoms with Gasteiger partial charge >= 0.3 is 6.18 Å². The van der Waals surface area contributed by atoms with Crippen LogP contribution in [0.3, 0.4) is 0 Å². The van der Waals surface area contributed by atoms with Gasteiger partial charge in [-0.1, -0.05) is 59.8 Å². The minimum absolute atomic E-state index is 0.0248. The quantitative estimate of drug-likeness (QED) is 0.549. The molecule has 0 saturated heterocycles. The van der Waals surface area contributed by atoms with E-state index in [2.05, 4.69) is 15.5 Å². The lowest BCUT2D eigenvalue weighted by molar-refractivity contribution is -0.147. The largest absolute Gasteiger partial charge is 0.451 e. The van der Waals surface area contributed by atoms with Crippen LogP contribution in [0.4, 0.5) is 18.9 Å². The number of carbonyl (C=O) groups excluding carboxylic acids is 1. The SMILES string of the molecule is Cc1ccc(NC(=O)[C@H](Sc2nnc(C(F)(F)F)n2C)c2ccccc2)cc1Cl. The lowest BCUT2D eigenvalue weighted by Gasteiger charge is -2.17. The topological polar surface area (TPSA) is 59.8 Å². The molecule has 0 spiro atoms. The number of anilines is 1. The van der Waals surface area contributed by atoms with Crippen molar-refractivity contribution in [1.82, 2.24) is 14.8 Å². The van der Waals surface area contributed by atoms with E-state index in [1.165, 1.54) is 7.05 Å². The summed E-state index contributed by atoms with van der Waals surface area (Å²) in [6, 6.07) is 13.8. The summed E-state index contributed by atoms with van der Waals surface area (Å²) in [4.78, 5) is 13.0. The third-order valence-electron chi connectivity index (χ3n) is 4.09. The summed E-state index contributed by atoms with van der Waals surface area (Å²) in [5, 5.41) is 9.22. The number of aromatic nitrogens is 3. The number of nitrogens with one attached hydrogen (secondary N) is 1. The average molecular weight is 441 g/mol. The Morgan fingerprint density at radius 1 is 1.17 bits per heavy atom. The van der Waals surface area contributed by atoms with Crippen LogP contribution < -0.4 is 5.32 Å². The van der Waals surface area contributed by atoms with Crippen LogP contribution in [0.2, 0.25) is 5.02 Å². The van der Waals surface area contributed by atoms with Gasteiger partial charge in [0.25, 0.3) is 0 Å². The highest BCUT2D eigenvalue weighted by molar-refractivity contribution is 8.00. The summed E-state index contributed by atoms with van der Waals surface area (Å²) in [7, 11) is 1.21. The number of thioether (sulfide) groups is 1. The summed E-state index contributed by atoms with van der Waals surface area (Å²) in [6.45, 7) is 1.84. The van der Waals surface area contributed by atoms with Crippen molar-refractivity contribution in [2.75, 3.05) is 5.32 Å². The molecule has 5 nitrogen and oxygen atoms in total. The molecule has 0 fully saturated rings. The van der Waals surface area contributed by atoms with Crippen LogP contribution in [0, 0.1) is 6.92 Å². The number of halogens is 4. The fourth-order valence-corrected chi connectivity index (χ4v) is 3.73. The van der Waals surface area contributed by atoms with Gasteiger partial charge in [-0.25, -0.2) is 0 Å². The maximum absolute atomic E-state index is 13.0. The van der Waals surface area contributed by atoms with Crippen LogP contribution >= 0.6 is 23.4 Å². The summed E-state index contributed by atoms with van der Waals surface area (Å²) in [6.07, 6.45) is -4.64. The van der Waals surface area contributed by atoms with Crippen molar-refractivity contribution in [2.24, 2.45) is 7.05 Å². The summed E-state index contributed by atoms with van der Waals surface area (Å²) < 4.78 is 39.9. The van der Waals surface area contributed by atoms with Crippen LogP contribution in [0.25, 0.3) is 0 Å². The minimum Gasteiger partial charge on any atom is -0.325 e. The Labute approximate surface area is 174 Å². The molecule has 0 aliphatic rings. The van der Waals surface area contributed by atoms with Gasteiger partial charge in [0.05, 0.1) is 0 Å². The molecule has 0 aliphatic carbocycles. The second kappa shape index (κ2) is 8.46. The smallest absolute Gasteiger partial charge is 0.325 e. The maximum Gasteiger partial charge on any atom is 0.451 e. The fraction of sp³-hybridized carbons (Fsp3) is 0.211. The molecule has 0 saturated carbocycles. The van der Waals surface area contributed by atoms with Crippen LogP contribution in [0.15, 0.2) is 53.7 Å². The minimum atomic E-state index is -4.64. The Kier molecular flexibility index (Phi) is 6.18. The number of carbonyl (C=O) groups is 1. The second-order valence-corrected chi connectivity index (χ2v) is 7.70. The molecule has 1 heterocycles. The molecule has 0 aliphatic heterocycles. The van der Waals surface area contributed by atoms with E-state index in [-0.39, 0.29) is 5.16 Å². The maximum atomic E-state index is 13.0. The third kappa shape index (κ3) is 4.91. The summed E-state index contributed by atoms with van der Waals surface area (Å²) >= 11 is 6.99. The van der Waals surface area contributed by atoms with Gasteiger partial charge in [0.1, 0.15) is 5.25 Å². The second-order valence-electron chi connectivity index (χ2n) is 6.22. The van der Waals surface area contributed by atoms with E-state index in [1.807, 2.05) is 6.92 Å². The van der Waals surface area contributed by atoms with E-state index in [1.54, 1.807) is 48.5 Å². The molecule has 0 radical (unpaired) electrons. The number of alkyl halides is 3. The fourth-order valence-electron chi connectivity index (χ4n) is 2.55. The van der Waals surface area contributed by atoms with Crippen molar-refractivity contribution >= 4 is 35.0 Å². The van der Waals surface area contributed by atoms with E-state index in [0.29, 0.717) is 16.3 Å². The molecule has 0 bridgehead atoms.